The molecule has 0 aromatic carbocycles. The van der Waals surface area contributed by atoms with Crippen LogP contribution in [0.1, 0.15) is 242 Å². The Morgan fingerprint density at radius 1 is 0.615 bits per heavy atom. The van der Waals surface area contributed by atoms with Gasteiger partial charge in [-0.3, -0.25) is 23.1 Å². The number of rotatable bonds is 17. The van der Waals surface area contributed by atoms with Crippen LogP contribution in [0.3, 0.4) is 0 Å². The molecule has 16 rings (SSSR count). The van der Waals surface area contributed by atoms with E-state index in [2.05, 4.69) is 83.6 Å². The summed E-state index contributed by atoms with van der Waals surface area (Å²) < 4.78 is 93.4. The number of nitrogens with one attached hydrogen (secondary N) is 1. The monoisotopic (exact) mass is 1560 g/mol. The smallest absolute Gasteiger partial charge is 0.265 e. The van der Waals surface area contributed by atoms with Crippen LogP contribution in [0.15, 0.2) is 0 Å². The van der Waals surface area contributed by atoms with E-state index in [1.54, 1.807) is 4.90 Å². The first-order valence-electron chi connectivity index (χ1n) is 43.8. The van der Waals surface area contributed by atoms with Gasteiger partial charge in [0.1, 0.15) is 12.2 Å². The summed E-state index contributed by atoms with van der Waals surface area (Å²) in [6.07, 6.45) is 17.8. The van der Waals surface area contributed by atoms with E-state index in [0.717, 1.165) is 97.0 Å². The van der Waals surface area contributed by atoms with Gasteiger partial charge in [0.15, 0.2) is 18.7 Å². The molecular formula is C86H147FN4O17S. The fraction of sp³-hybridized carbons (Fsp3) is 0.977. The van der Waals surface area contributed by atoms with Crippen molar-refractivity contribution in [1.29, 1.82) is 0 Å². The average Bonchev–Trinajstić information content (AvgIpc) is 1.46. The lowest BCUT2D eigenvalue weighted by Gasteiger charge is -2.64. The third-order valence-corrected chi connectivity index (χ3v) is 35.4. The highest BCUT2D eigenvalue weighted by atomic mass is 32.2. The van der Waals surface area contributed by atoms with Gasteiger partial charge in [0, 0.05) is 69.9 Å². The lowest BCUT2D eigenvalue weighted by Crippen LogP contribution is -2.60. The van der Waals surface area contributed by atoms with Crippen LogP contribution in [-0.4, -0.2) is 245 Å². The van der Waals surface area contributed by atoms with Crippen molar-refractivity contribution in [2.45, 2.75) is 337 Å². The maximum absolute atomic E-state index is 13.0. The molecule has 4 spiro atoms. The lowest BCUT2D eigenvalue weighted by atomic mass is 9.41. The maximum atomic E-state index is 13.0. The van der Waals surface area contributed by atoms with Gasteiger partial charge >= 0.3 is 0 Å². The van der Waals surface area contributed by atoms with E-state index in [4.69, 9.17) is 39.3 Å². The Balaban J connectivity index is 0.000000163. The Morgan fingerprint density at radius 2 is 1.03 bits per heavy atom. The number of nitrogens with zero attached hydrogens (tertiary/aromatic N) is 3. The number of halogens is 1. The number of fused-ring (bicyclic) bond motifs is 8. The van der Waals surface area contributed by atoms with Crippen LogP contribution < -0.4 is 5.32 Å². The Morgan fingerprint density at radius 3 is 1.42 bits per heavy atom. The molecule has 30 atom stereocenters. The maximum Gasteiger partial charge on any atom is 0.265 e. The van der Waals surface area contributed by atoms with Crippen LogP contribution in [0, 0.1) is 101 Å². The molecule has 0 aromatic rings. The topological polar surface area (TPSA) is 254 Å². The van der Waals surface area contributed by atoms with Gasteiger partial charge in [-0.1, -0.05) is 69.2 Å². The van der Waals surface area contributed by atoms with Crippen LogP contribution in [-0.2, 0) is 61.8 Å². The Hall–Kier alpha value is -1.78. The van der Waals surface area contributed by atoms with Gasteiger partial charge in [0.2, 0.25) is 5.91 Å². The standard InChI is InChI=1S/C42H70N2O7.C36H61NO6.C7H13NO4S.CH3F/c1-10-48-35(38(6,7)47)27-22-25(2)32-33(50-27)34(45)40(9)29-13-12-28-37(4,5)30(14-15-41(28)24-42(29,41)17-16-39(32,40)8)51-31-23-44(20-21-49-31)26(3)36(46)43-18-11-19-43;1-9-40-30(32(5,6)39)22-18-21(2)27-28(42-22)29(38)34(8)24-11-10-23-31(3,4)25(43-26-19-37-16-17-41-26)12-13-35(23)20-36(24,35)15-14-33(27,34)7;1-6(12-13(2,10)11)7(9)8-4-3-5-8;1-2/h25-35,45,47H,10-24H2,1-9H3;21-30,37-39H,9-20H2,1-8H3;6H,3-5H2,1-2H3;1H3/t25-,26+,27-,28+,29+,30+,31+,32+,33+,34+,35?,39-,40-,41-,42+;21-,22-,23+,24+,25+,26+,27+,28+,29+,30?,33-,34-,35-,36+;6-;/m111./s1/i;;;1D. The number of morpholine rings is 2. The minimum atomic E-state index is -3.53. The summed E-state index contributed by atoms with van der Waals surface area (Å²) in [4.78, 5) is 30.2. The SMILES string of the molecule is CCOC([C@H]1C[C@@H](C)[C@H]2[C@H](O1)[C@H](O)[C@@]1(C)[C@@H]3CC[C@H]4C(C)(C)[C@@H](O[C@H]5CN([C@@H](C)C(=O)N6CCC6)CCO5)CC[C@@]45C[C@@]35CC[C@]21C)C(C)(C)O.CCOC([C@H]1C[C@@H](C)[C@H]2[C@H](O1)[C@H](O)[C@@]1(C)[C@@H]3CC[C@H]4C(C)(C)[C@@H](O[C@H]5CNCCO5)CC[C@@]45C[C@@]35CC[C@]21C)C(C)(C)O.C[C@@H](OS(C)(=O)=O)C(=O)N1CCC1.[2H]CF. The molecule has 21 nitrogen and oxygen atoms in total. The van der Waals surface area contributed by atoms with E-state index in [0.29, 0.717) is 103 Å². The van der Waals surface area contributed by atoms with Gasteiger partial charge in [-0.05, 0) is 262 Å². The molecule has 5 N–H and O–H groups in total. The van der Waals surface area contributed by atoms with Crippen molar-refractivity contribution in [2.75, 3.05) is 92.2 Å². The van der Waals surface area contributed by atoms with Crippen molar-refractivity contribution in [2.24, 2.45) is 101 Å². The molecular weight excluding hydrogens is 1410 g/mol. The molecule has 2 unspecified atom stereocenters. The molecule has 6 heterocycles. The lowest BCUT2D eigenvalue weighted by molar-refractivity contribution is -0.250. The van der Waals surface area contributed by atoms with Crippen molar-refractivity contribution in [3.05, 3.63) is 0 Å². The van der Waals surface area contributed by atoms with Crippen LogP contribution in [0.25, 0.3) is 0 Å². The summed E-state index contributed by atoms with van der Waals surface area (Å²) in [5.74, 6) is 3.60. The van der Waals surface area contributed by atoms with E-state index in [-0.39, 0.29) is 105 Å². The van der Waals surface area contributed by atoms with Crippen molar-refractivity contribution in [3.63, 3.8) is 0 Å². The first kappa shape index (κ1) is 83.7. The van der Waals surface area contributed by atoms with Crippen molar-refractivity contribution < 1.29 is 86.3 Å². The van der Waals surface area contributed by atoms with E-state index >= 15 is 0 Å². The zero-order valence-electron chi connectivity index (χ0n) is 71.3. The largest absolute Gasteiger partial charge is 0.390 e. The predicted molar refractivity (Wildman–Crippen MR) is 414 cm³/mol. The second-order valence-electron chi connectivity index (χ2n) is 41.2. The van der Waals surface area contributed by atoms with E-state index in [9.17, 15) is 42.8 Å². The third-order valence-electron chi connectivity index (χ3n) is 34.8. The van der Waals surface area contributed by atoms with Crippen LogP contribution in [0.4, 0.5) is 4.39 Å². The first-order chi connectivity index (χ1) is 51.4. The molecule has 16 aliphatic rings. The summed E-state index contributed by atoms with van der Waals surface area (Å²) >= 11 is 0. The molecule has 23 heteroatoms. The second kappa shape index (κ2) is 30.2. The minimum absolute atomic E-state index is 0.00194. The Kier molecular flexibility index (Phi) is 23.2. The Bertz CT molecular complexity index is 3370. The number of aliphatic hydroxyl groups excluding tert-OH is 2. The zero-order chi connectivity index (χ0) is 80.1. The molecule has 6 saturated heterocycles. The average molecular weight is 1560 g/mol. The number of likely N-dealkylation sites (tertiary alicyclic amines) is 2. The van der Waals surface area contributed by atoms with Gasteiger partial charge in [0.05, 0.1) is 101 Å². The number of carbonyl (C=O) groups is 2. The summed E-state index contributed by atoms with van der Waals surface area (Å²) in [6.45, 7) is 48.0. The molecule has 2 amide bonds. The van der Waals surface area contributed by atoms with Crippen molar-refractivity contribution in [1.82, 2.24) is 20.0 Å². The second-order valence-corrected chi connectivity index (χ2v) is 42.8. The number of aliphatic hydroxyl groups is 4. The molecule has 109 heavy (non-hydrogen) atoms. The van der Waals surface area contributed by atoms with E-state index in [1.807, 2.05) is 53.4 Å². The number of carbonyl (C=O) groups excluding carboxylic acids is 2. The summed E-state index contributed by atoms with van der Waals surface area (Å²) in [6, 6.07) is -0.135. The highest BCUT2D eigenvalue weighted by molar-refractivity contribution is 7.86. The van der Waals surface area contributed by atoms with Gasteiger partial charge in [-0.25, -0.2) is 0 Å². The first-order valence-corrected chi connectivity index (χ1v) is 44.9. The molecule has 626 valence electrons. The predicted octanol–water partition coefficient (Wildman–Crippen LogP) is 11.1. The number of alkyl halides is 1. The Labute approximate surface area is 655 Å². The molecule has 16 fully saturated rings. The highest BCUT2D eigenvalue weighted by Gasteiger charge is 2.87. The van der Waals surface area contributed by atoms with Crippen LogP contribution in [0.5, 0.6) is 0 Å². The molecule has 10 aliphatic carbocycles. The molecule has 0 radical (unpaired) electrons. The van der Waals surface area contributed by atoms with Gasteiger partial charge in [-0.2, -0.15) is 8.42 Å². The normalized spacial score (nSPS) is 47.4. The fourth-order valence-electron chi connectivity index (χ4n) is 29.5. The number of hydrogen-bond acceptors (Lipinski definition) is 19. The van der Waals surface area contributed by atoms with Crippen molar-refractivity contribution >= 4 is 21.9 Å². The van der Waals surface area contributed by atoms with E-state index in [1.165, 1.54) is 71.1 Å². The van der Waals surface area contributed by atoms with Gasteiger partial charge in [-0.15, -0.1) is 0 Å². The highest BCUT2D eigenvalue weighted by Crippen LogP contribution is 2.91. The summed E-state index contributed by atoms with van der Waals surface area (Å²) in [5.41, 5.74) is -1.01. The molecule has 0 aromatic heterocycles. The zero-order valence-corrected chi connectivity index (χ0v) is 71.2. The summed E-state index contributed by atoms with van der Waals surface area (Å²) in [5, 5.41) is 50.7. The quantitative estimate of drug-likeness (QED) is 0.0849. The van der Waals surface area contributed by atoms with E-state index < -0.39 is 59.0 Å². The molecule has 0 bridgehead atoms. The number of amides is 2. The van der Waals surface area contributed by atoms with Crippen LogP contribution >= 0.6 is 0 Å². The van der Waals surface area contributed by atoms with Crippen molar-refractivity contribution in [3.8, 4) is 0 Å². The fourth-order valence-corrected chi connectivity index (χ4v) is 30.1. The number of ether oxygens (including phenoxy) is 8. The van der Waals surface area contributed by atoms with Gasteiger partial charge in [0.25, 0.3) is 16.0 Å². The number of hydrogen-bond donors (Lipinski definition) is 5. The van der Waals surface area contributed by atoms with Crippen LogP contribution in [0.2, 0.25) is 0 Å². The molecule has 6 aliphatic heterocycles. The minimum Gasteiger partial charge on any atom is -0.390 e. The molecule has 10 saturated carbocycles. The third kappa shape index (κ3) is 13.6. The van der Waals surface area contributed by atoms with Gasteiger partial charge < -0.3 is 73.4 Å². The summed E-state index contributed by atoms with van der Waals surface area (Å²) in [7, 11) is -4.53.